The second-order valence-electron chi connectivity index (χ2n) is 7.47. The molecule has 34 heavy (non-hydrogen) atoms. The monoisotopic (exact) mass is 474 g/mol. The van der Waals surface area contributed by atoms with E-state index in [-0.39, 0.29) is 11.7 Å². The van der Waals surface area contributed by atoms with Crippen LogP contribution in [-0.2, 0) is 11.2 Å². The number of ether oxygens (including phenoxy) is 2. The predicted octanol–water partition coefficient (Wildman–Crippen LogP) is 5.48. The van der Waals surface area contributed by atoms with Gasteiger partial charge in [0.2, 0.25) is 5.91 Å². The number of methoxy groups -OCH3 is 2. The van der Waals surface area contributed by atoms with Gasteiger partial charge >= 0.3 is 0 Å². The van der Waals surface area contributed by atoms with E-state index >= 15 is 0 Å². The van der Waals surface area contributed by atoms with Crippen LogP contribution in [0.3, 0.4) is 0 Å². The summed E-state index contributed by atoms with van der Waals surface area (Å²) in [4.78, 5) is 17.1. The zero-order valence-corrected chi connectivity index (χ0v) is 19.9. The van der Waals surface area contributed by atoms with E-state index in [1.807, 2.05) is 78.9 Å². The highest BCUT2D eigenvalue weighted by Crippen LogP contribution is 2.35. The average Bonchev–Trinajstić information content (AvgIpc) is 3.33. The van der Waals surface area contributed by atoms with E-state index in [1.54, 1.807) is 14.2 Å². The number of thioether (sulfide) groups is 1. The molecule has 1 heterocycles. The van der Waals surface area contributed by atoms with Crippen molar-refractivity contribution >= 4 is 17.7 Å². The van der Waals surface area contributed by atoms with Crippen LogP contribution >= 0.6 is 11.8 Å². The Morgan fingerprint density at radius 1 is 0.912 bits per heavy atom. The molecule has 0 unspecified atom stereocenters. The molecule has 0 aliphatic carbocycles. The Labute approximate surface area is 203 Å². The molecular formula is C27H26N2O4S. The number of nitrogens with zero attached hydrogens (tertiary/aromatic N) is 1. The third-order valence-electron chi connectivity index (χ3n) is 5.20. The van der Waals surface area contributed by atoms with E-state index in [1.165, 1.54) is 11.8 Å². The molecular weight excluding hydrogens is 448 g/mol. The van der Waals surface area contributed by atoms with Gasteiger partial charge in [-0.3, -0.25) is 4.79 Å². The first-order valence-corrected chi connectivity index (χ1v) is 11.9. The number of hydrogen-bond donors (Lipinski definition) is 1. The molecule has 0 bridgehead atoms. The molecule has 1 aromatic heterocycles. The van der Waals surface area contributed by atoms with Gasteiger partial charge in [0.1, 0.15) is 5.69 Å². The van der Waals surface area contributed by atoms with Gasteiger partial charge in [0, 0.05) is 17.7 Å². The molecule has 6 nitrogen and oxygen atoms in total. The summed E-state index contributed by atoms with van der Waals surface area (Å²) in [6.07, 6.45) is 0.687. The molecule has 0 saturated heterocycles. The fourth-order valence-electron chi connectivity index (χ4n) is 3.50. The largest absolute Gasteiger partial charge is 0.493 e. The van der Waals surface area contributed by atoms with Gasteiger partial charge in [-0.2, -0.15) is 0 Å². The zero-order valence-electron chi connectivity index (χ0n) is 19.1. The van der Waals surface area contributed by atoms with Gasteiger partial charge in [0.25, 0.3) is 5.22 Å². The second kappa shape index (κ2) is 11.4. The smallest absolute Gasteiger partial charge is 0.257 e. The zero-order chi connectivity index (χ0) is 23.8. The van der Waals surface area contributed by atoms with E-state index in [4.69, 9.17) is 13.9 Å². The van der Waals surface area contributed by atoms with Crippen LogP contribution in [0.2, 0.25) is 0 Å². The van der Waals surface area contributed by atoms with Crippen LogP contribution in [0.5, 0.6) is 11.5 Å². The summed E-state index contributed by atoms with van der Waals surface area (Å²) >= 11 is 1.28. The number of carbonyl (C=O) groups is 1. The normalized spacial score (nSPS) is 10.6. The summed E-state index contributed by atoms with van der Waals surface area (Å²) in [6, 6.07) is 25.5. The molecule has 7 heteroatoms. The van der Waals surface area contributed by atoms with Gasteiger partial charge in [-0.1, -0.05) is 78.5 Å². The molecule has 4 rings (SSSR count). The maximum Gasteiger partial charge on any atom is 0.257 e. The third-order valence-corrected chi connectivity index (χ3v) is 6.03. The maximum atomic E-state index is 12.4. The minimum atomic E-state index is -0.0776. The van der Waals surface area contributed by atoms with Gasteiger partial charge < -0.3 is 19.2 Å². The first-order chi connectivity index (χ1) is 16.7. The lowest BCUT2D eigenvalue weighted by molar-refractivity contribution is -0.118. The lowest BCUT2D eigenvalue weighted by Gasteiger charge is -2.10. The number of hydrogen-bond acceptors (Lipinski definition) is 6. The highest BCUT2D eigenvalue weighted by atomic mass is 32.2. The van der Waals surface area contributed by atoms with Crippen LogP contribution in [-0.4, -0.2) is 37.4 Å². The number of benzene rings is 3. The van der Waals surface area contributed by atoms with E-state index in [0.29, 0.717) is 35.4 Å². The van der Waals surface area contributed by atoms with Gasteiger partial charge in [0.15, 0.2) is 17.3 Å². The first-order valence-electron chi connectivity index (χ1n) is 10.9. The van der Waals surface area contributed by atoms with Crippen LogP contribution in [0.4, 0.5) is 0 Å². The van der Waals surface area contributed by atoms with E-state index in [0.717, 1.165) is 22.4 Å². The number of carbonyl (C=O) groups excluding carboxylic acids is 1. The van der Waals surface area contributed by atoms with Crippen molar-refractivity contribution in [3.05, 3.63) is 84.4 Å². The predicted molar refractivity (Wildman–Crippen MR) is 134 cm³/mol. The van der Waals surface area contributed by atoms with Crippen molar-refractivity contribution in [3.8, 4) is 34.1 Å². The third kappa shape index (κ3) is 5.80. The Kier molecular flexibility index (Phi) is 7.88. The summed E-state index contributed by atoms with van der Waals surface area (Å²) in [5, 5.41) is 3.42. The van der Waals surface area contributed by atoms with Crippen LogP contribution in [0.25, 0.3) is 22.6 Å². The van der Waals surface area contributed by atoms with Gasteiger partial charge in [-0.25, -0.2) is 4.98 Å². The van der Waals surface area contributed by atoms with Crippen molar-refractivity contribution in [2.75, 3.05) is 26.5 Å². The topological polar surface area (TPSA) is 73.6 Å². The molecule has 1 N–H and O–H groups in total. The quantitative estimate of drug-likeness (QED) is 0.307. The van der Waals surface area contributed by atoms with Crippen molar-refractivity contribution < 1.29 is 18.7 Å². The summed E-state index contributed by atoms with van der Waals surface area (Å²) in [6.45, 7) is 0.519. The number of amides is 1. The van der Waals surface area contributed by atoms with E-state index in [9.17, 15) is 4.79 Å². The number of nitrogens with one attached hydrogen (secondary N) is 1. The van der Waals surface area contributed by atoms with Crippen molar-refractivity contribution in [2.24, 2.45) is 0 Å². The van der Waals surface area contributed by atoms with Crippen LogP contribution < -0.4 is 14.8 Å². The van der Waals surface area contributed by atoms with Crippen LogP contribution in [0.15, 0.2) is 88.5 Å². The van der Waals surface area contributed by atoms with Crippen molar-refractivity contribution in [2.45, 2.75) is 11.6 Å². The summed E-state index contributed by atoms with van der Waals surface area (Å²) in [5.41, 5.74) is 3.73. The van der Waals surface area contributed by atoms with E-state index in [2.05, 4.69) is 10.3 Å². The molecule has 0 atom stereocenters. The second-order valence-corrected chi connectivity index (χ2v) is 8.39. The lowest BCUT2D eigenvalue weighted by atomic mass is 10.1. The van der Waals surface area contributed by atoms with Crippen molar-refractivity contribution in [1.29, 1.82) is 0 Å². The molecule has 0 spiro atoms. The molecule has 174 valence electrons. The molecule has 0 aliphatic heterocycles. The van der Waals surface area contributed by atoms with Crippen molar-refractivity contribution in [1.82, 2.24) is 10.3 Å². The minimum Gasteiger partial charge on any atom is -0.493 e. The maximum absolute atomic E-state index is 12.4. The van der Waals surface area contributed by atoms with Crippen LogP contribution in [0, 0.1) is 0 Å². The summed E-state index contributed by atoms with van der Waals surface area (Å²) in [5.74, 6) is 2.19. The summed E-state index contributed by atoms with van der Waals surface area (Å²) in [7, 11) is 3.21. The molecule has 0 aliphatic rings. The Morgan fingerprint density at radius 3 is 2.26 bits per heavy atom. The Hall–Kier alpha value is -3.71. The van der Waals surface area contributed by atoms with Gasteiger partial charge in [-0.05, 0) is 24.1 Å². The highest BCUT2D eigenvalue weighted by molar-refractivity contribution is 7.99. The minimum absolute atomic E-state index is 0.0776. The van der Waals surface area contributed by atoms with Crippen LogP contribution in [0.1, 0.15) is 5.56 Å². The molecule has 0 saturated carbocycles. The first kappa shape index (κ1) is 23.4. The number of oxazole rings is 1. The molecule has 0 radical (unpaired) electrons. The Bertz CT molecular complexity index is 1170. The highest BCUT2D eigenvalue weighted by Gasteiger charge is 2.18. The fraction of sp³-hybridized carbons (Fsp3) is 0.185. The van der Waals surface area contributed by atoms with Crippen molar-refractivity contribution in [3.63, 3.8) is 0 Å². The molecule has 0 fully saturated rings. The van der Waals surface area contributed by atoms with Gasteiger partial charge in [0.05, 0.1) is 20.0 Å². The number of rotatable bonds is 10. The Morgan fingerprint density at radius 2 is 1.59 bits per heavy atom. The molecule has 1 amide bonds. The van der Waals surface area contributed by atoms with E-state index < -0.39 is 0 Å². The van der Waals surface area contributed by atoms with Gasteiger partial charge in [-0.15, -0.1) is 0 Å². The molecule has 4 aromatic rings. The fourth-order valence-corrected chi connectivity index (χ4v) is 4.15. The Balaban J connectivity index is 1.37. The standard InChI is InChI=1S/C27H26N2O4S/c1-31-22-14-13-19(17-23(22)32-2)15-16-28-24(30)18-34-27-29-25(20-9-5-3-6-10-20)26(33-27)21-11-7-4-8-12-21/h3-14,17H,15-16,18H2,1-2H3,(H,28,30). The average molecular weight is 475 g/mol. The molecule has 3 aromatic carbocycles. The number of aromatic nitrogens is 1. The lowest BCUT2D eigenvalue weighted by Crippen LogP contribution is -2.27. The summed E-state index contributed by atoms with van der Waals surface area (Å²) < 4.78 is 16.7. The SMILES string of the molecule is COc1ccc(CCNC(=O)CSc2nc(-c3ccccc3)c(-c3ccccc3)o2)cc1OC.